The van der Waals surface area contributed by atoms with Crippen LogP contribution in [0.25, 0.3) is 0 Å². The SMILES string of the molecule is CC.CCC1(CC)CNc2ccccc21. The van der Waals surface area contributed by atoms with Crippen LogP contribution in [-0.2, 0) is 5.41 Å². The minimum atomic E-state index is 0.399. The Morgan fingerprint density at radius 2 is 1.73 bits per heavy atom. The summed E-state index contributed by atoms with van der Waals surface area (Å²) in [5.41, 5.74) is 3.25. The lowest BCUT2D eigenvalue weighted by Gasteiger charge is -2.25. The maximum Gasteiger partial charge on any atom is 0.0379 e. The second kappa shape index (κ2) is 5.20. The van der Waals surface area contributed by atoms with Gasteiger partial charge in [-0.25, -0.2) is 0 Å². The Morgan fingerprint density at radius 1 is 1.13 bits per heavy atom. The van der Waals surface area contributed by atoms with Crippen LogP contribution in [0, 0.1) is 0 Å². The Bertz CT molecular complexity index is 300. The highest BCUT2D eigenvalue weighted by Gasteiger charge is 2.34. The summed E-state index contributed by atoms with van der Waals surface area (Å²) in [6.07, 6.45) is 2.46. The molecular formula is C14H23N. The first-order valence-corrected chi connectivity index (χ1v) is 6.16. The van der Waals surface area contributed by atoms with Gasteiger partial charge in [0, 0.05) is 17.6 Å². The molecule has 0 radical (unpaired) electrons. The lowest BCUT2D eigenvalue weighted by molar-refractivity contribution is 0.437. The Kier molecular flexibility index (Phi) is 4.19. The van der Waals surface area contributed by atoms with Crippen molar-refractivity contribution in [2.75, 3.05) is 11.9 Å². The number of hydrogen-bond donors (Lipinski definition) is 1. The van der Waals surface area contributed by atoms with Crippen LogP contribution >= 0.6 is 0 Å². The molecule has 0 saturated carbocycles. The molecule has 1 N–H and O–H groups in total. The van der Waals surface area contributed by atoms with Crippen molar-refractivity contribution in [2.45, 2.75) is 46.0 Å². The number of fused-ring (bicyclic) bond motifs is 1. The predicted octanol–water partition coefficient (Wildman–Crippen LogP) is 4.20. The van der Waals surface area contributed by atoms with Crippen LogP contribution in [0.1, 0.15) is 46.1 Å². The van der Waals surface area contributed by atoms with E-state index in [0.717, 1.165) is 6.54 Å². The molecule has 0 unspecified atom stereocenters. The van der Waals surface area contributed by atoms with E-state index in [0.29, 0.717) is 5.41 Å². The summed E-state index contributed by atoms with van der Waals surface area (Å²) in [6.45, 7) is 9.68. The summed E-state index contributed by atoms with van der Waals surface area (Å²) >= 11 is 0. The van der Waals surface area contributed by atoms with Gasteiger partial charge in [0.25, 0.3) is 0 Å². The van der Waals surface area contributed by atoms with Gasteiger partial charge in [-0.1, -0.05) is 45.9 Å². The van der Waals surface area contributed by atoms with Crippen LogP contribution < -0.4 is 5.32 Å². The Labute approximate surface area is 93.9 Å². The first-order chi connectivity index (χ1) is 7.32. The second-order valence-electron chi connectivity index (χ2n) is 3.89. The summed E-state index contributed by atoms with van der Waals surface area (Å²) in [6, 6.07) is 8.70. The fourth-order valence-corrected chi connectivity index (χ4v) is 2.34. The van der Waals surface area contributed by atoms with Crippen molar-refractivity contribution in [1.29, 1.82) is 0 Å². The zero-order valence-corrected chi connectivity index (χ0v) is 10.4. The van der Waals surface area contributed by atoms with Crippen LogP contribution in [-0.4, -0.2) is 6.54 Å². The Balaban J connectivity index is 0.000000531. The summed E-state index contributed by atoms with van der Waals surface area (Å²) in [5, 5.41) is 3.49. The van der Waals surface area contributed by atoms with E-state index in [1.165, 1.54) is 24.1 Å². The maximum absolute atomic E-state index is 3.49. The topological polar surface area (TPSA) is 12.0 Å². The standard InChI is InChI=1S/C12H17N.C2H6/c1-3-12(4-2)9-13-11-8-6-5-7-10(11)12;1-2/h5-8,13H,3-4,9H2,1-2H3;1-2H3. The minimum absolute atomic E-state index is 0.399. The maximum atomic E-state index is 3.49. The smallest absolute Gasteiger partial charge is 0.0379 e. The van der Waals surface area contributed by atoms with Crippen molar-refractivity contribution in [3.8, 4) is 0 Å². The van der Waals surface area contributed by atoms with E-state index in [4.69, 9.17) is 0 Å². The average molecular weight is 205 g/mol. The normalized spacial score (nSPS) is 16.0. The molecule has 0 aromatic heterocycles. The van der Waals surface area contributed by atoms with Gasteiger partial charge in [-0.05, 0) is 24.5 Å². The van der Waals surface area contributed by atoms with Gasteiger partial charge in [0.15, 0.2) is 0 Å². The molecule has 1 aromatic rings. The van der Waals surface area contributed by atoms with Crippen molar-refractivity contribution < 1.29 is 0 Å². The quantitative estimate of drug-likeness (QED) is 0.763. The molecular weight excluding hydrogens is 182 g/mol. The van der Waals surface area contributed by atoms with Crippen LogP contribution in [0.2, 0.25) is 0 Å². The second-order valence-corrected chi connectivity index (χ2v) is 3.89. The van der Waals surface area contributed by atoms with Crippen LogP contribution in [0.4, 0.5) is 5.69 Å². The van der Waals surface area contributed by atoms with E-state index in [2.05, 4.69) is 43.4 Å². The fourth-order valence-electron chi connectivity index (χ4n) is 2.34. The van der Waals surface area contributed by atoms with Crippen molar-refractivity contribution in [1.82, 2.24) is 0 Å². The van der Waals surface area contributed by atoms with Crippen molar-refractivity contribution in [2.24, 2.45) is 0 Å². The summed E-state index contributed by atoms with van der Waals surface area (Å²) in [7, 11) is 0. The van der Waals surface area contributed by atoms with Crippen LogP contribution in [0.5, 0.6) is 0 Å². The first-order valence-electron chi connectivity index (χ1n) is 6.16. The molecule has 0 saturated heterocycles. The van der Waals surface area contributed by atoms with Gasteiger partial charge in [0.1, 0.15) is 0 Å². The average Bonchev–Trinajstić information content (AvgIpc) is 2.71. The van der Waals surface area contributed by atoms with Gasteiger partial charge in [0.05, 0.1) is 0 Å². The molecule has 1 heterocycles. The molecule has 2 rings (SSSR count). The number of para-hydroxylation sites is 1. The van der Waals surface area contributed by atoms with Gasteiger partial charge in [0.2, 0.25) is 0 Å². The molecule has 15 heavy (non-hydrogen) atoms. The predicted molar refractivity (Wildman–Crippen MR) is 68.5 cm³/mol. The fraction of sp³-hybridized carbons (Fsp3) is 0.571. The van der Waals surface area contributed by atoms with Gasteiger partial charge < -0.3 is 5.32 Å². The number of nitrogens with one attached hydrogen (secondary N) is 1. The molecule has 1 nitrogen and oxygen atoms in total. The van der Waals surface area contributed by atoms with Crippen LogP contribution in [0.15, 0.2) is 24.3 Å². The van der Waals surface area contributed by atoms with Gasteiger partial charge in [-0.2, -0.15) is 0 Å². The summed E-state index contributed by atoms with van der Waals surface area (Å²) < 4.78 is 0. The van der Waals surface area contributed by atoms with Crippen LogP contribution in [0.3, 0.4) is 0 Å². The molecule has 0 atom stereocenters. The molecule has 1 aliphatic rings. The van der Waals surface area contributed by atoms with E-state index < -0.39 is 0 Å². The Hall–Kier alpha value is -0.980. The molecule has 1 aliphatic heterocycles. The summed E-state index contributed by atoms with van der Waals surface area (Å²) in [4.78, 5) is 0. The zero-order valence-electron chi connectivity index (χ0n) is 10.4. The lowest BCUT2D eigenvalue weighted by Crippen LogP contribution is -2.26. The van der Waals surface area contributed by atoms with E-state index >= 15 is 0 Å². The van der Waals surface area contributed by atoms with E-state index in [1.807, 2.05) is 13.8 Å². The third-order valence-corrected chi connectivity index (χ3v) is 3.47. The highest BCUT2D eigenvalue weighted by atomic mass is 14.9. The third kappa shape index (κ3) is 2.01. The monoisotopic (exact) mass is 205 g/mol. The Morgan fingerprint density at radius 3 is 2.33 bits per heavy atom. The highest BCUT2D eigenvalue weighted by molar-refractivity contribution is 5.60. The van der Waals surface area contributed by atoms with Crippen molar-refractivity contribution in [3.05, 3.63) is 29.8 Å². The van der Waals surface area contributed by atoms with Crippen molar-refractivity contribution in [3.63, 3.8) is 0 Å². The molecule has 1 aromatic carbocycles. The number of anilines is 1. The molecule has 0 amide bonds. The zero-order chi connectivity index (χ0) is 11.3. The van der Waals surface area contributed by atoms with Crippen molar-refractivity contribution >= 4 is 5.69 Å². The number of hydrogen-bond acceptors (Lipinski definition) is 1. The first kappa shape index (κ1) is 12.1. The number of benzene rings is 1. The van der Waals surface area contributed by atoms with E-state index in [9.17, 15) is 0 Å². The molecule has 1 heteroatoms. The van der Waals surface area contributed by atoms with E-state index in [1.54, 1.807) is 0 Å². The highest BCUT2D eigenvalue weighted by Crippen LogP contribution is 2.41. The summed E-state index contributed by atoms with van der Waals surface area (Å²) in [5.74, 6) is 0. The number of rotatable bonds is 2. The molecule has 0 aliphatic carbocycles. The van der Waals surface area contributed by atoms with Gasteiger partial charge >= 0.3 is 0 Å². The lowest BCUT2D eigenvalue weighted by atomic mass is 9.78. The largest absolute Gasteiger partial charge is 0.384 e. The molecule has 0 spiro atoms. The van der Waals surface area contributed by atoms with Gasteiger partial charge in [-0.15, -0.1) is 0 Å². The molecule has 0 fully saturated rings. The third-order valence-electron chi connectivity index (χ3n) is 3.47. The van der Waals surface area contributed by atoms with Gasteiger partial charge in [-0.3, -0.25) is 0 Å². The minimum Gasteiger partial charge on any atom is -0.384 e. The molecule has 84 valence electrons. The molecule has 0 bridgehead atoms. The van der Waals surface area contributed by atoms with E-state index in [-0.39, 0.29) is 0 Å².